The van der Waals surface area contributed by atoms with E-state index in [1.165, 1.54) is 12.8 Å². The Kier molecular flexibility index (Phi) is 9.48. The molecule has 0 heterocycles. The Hall–Kier alpha value is -2.67. The molecule has 0 atom stereocenters. The van der Waals surface area contributed by atoms with Crippen LogP contribution in [0.4, 0.5) is 0 Å². The van der Waals surface area contributed by atoms with Gasteiger partial charge in [0.1, 0.15) is 12.4 Å². The summed E-state index contributed by atoms with van der Waals surface area (Å²) in [5.74, 6) is 2.48. The molecule has 1 saturated carbocycles. The minimum Gasteiger partial charge on any atom is -0.493 e. The Morgan fingerprint density at radius 2 is 1.70 bits per heavy atom. The average Bonchev–Trinajstić information content (AvgIpc) is 3.34. The Balaban J connectivity index is 1.65. The summed E-state index contributed by atoms with van der Waals surface area (Å²) in [6, 6.07) is 16.7. The van der Waals surface area contributed by atoms with Crippen LogP contribution in [-0.2, 0) is 13.0 Å². The number of rotatable bonds is 13. The fourth-order valence-electron chi connectivity index (χ4n) is 4.20. The van der Waals surface area contributed by atoms with E-state index < -0.39 is 0 Å². The van der Waals surface area contributed by atoms with Crippen LogP contribution < -0.4 is 14.2 Å². The maximum absolute atomic E-state index is 9.16. The third kappa shape index (κ3) is 8.00. The summed E-state index contributed by atoms with van der Waals surface area (Å²) in [7, 11) is 0. The van der Waals surface area contributed by atoms with Gasteiger partial charge in [-0.2, -0.15) is 5.26 Å². The van der Waals surface area contributed by atoms with Gasteiger partial charge in [0, 0.05) is 6.07 Å². The Labute approximate surface area is 199 Å². The first kappa shape index (κ1) is 25.0. The highest BCUT2D eigenvalue weighted by atomic mass is 16.5. The first-order valence-electron chi connectivity index (χ1n) is 12.5. The van der Waals surface area contributed by atoms with Crippen molar-refractivity contribution in [3.05, 3.63) is 53.6 Å². The molecular weight excluding hydrogens is 410 g/mol. The number of unbranched alkanes of at least 4 members (excludes halogenated alkanes) is 2. The average molecular weight is 450 g/mol. The van der Waals surface area contributed by atoms with E-state index in [-0.39, 0.29) is 11.5 Å². The zero-order valence-corrected chi connectivity index (χ0v) is 20.6. The summed E-state index contributed by atoms with van der Waals surface area (Å²) >= 11 is 0. The predicted molar refractivity (Wildman–Crippen MR) is 133 cm³/mol. The fraction of sp³-hybridized carbons (Fsp3) is 0.552. The standard InChI is InChI=1S/C29H39NO3/c1-4-24-19-28(33-25-15-9-10-16-25)27(32-21-23-13-7-5-8-14-23)20-26(24)31-18-12-6-11-17-29(2,3)22-30/h5,7-8,13-14,19-20,25H,4,6,9-12,15-18,21H2,1-3H3. The van der Waals surface area contributed by atoms with Gasteiger partial charge in [-0.25, -0.2) is 0 Å². The van der Waals surface area contributed by atoms with Crippen molar-refractivity contribution in [2.24, 2.45) is 5.41 Å². The molecule has 3 rings (SSSR count). The molecule has 0 saturated heterocycles. The highest BCUT2D eigenvalue weighted by molar-refractivity contribution is 5.51. The van der Waals surface area contributed by atoms with Crippen molar-refractivity contribution in [2.45, 2.75) is 91.3 Å². The van der Waals surface area contributed by atoms with Gasteiger partial charge >= 0.3 is 0 Å². The van der Waals surface area contributed by atoms with Crippen molar-refractivity contribution in [3.8, 4) is 23.3 Å². The first-order valence-corrected chi connectivity index (χ1v) is 12.5. The number of hydrogen-bond acceptors (Lipinski definition) is 4. The molecule has 1 fully saturated rings. The minimum atomic E-state index is -0.240. The SMILES string of the molecule is CCc1cc(OC2CCCC2)c(OCc2ccccc2)cc1OCCCCCC(C)(C)C#N. The van der Waals surface area contributed by atoms with Crippen LogP contribution in [0.15, 0.2) is 42.5 Å². The van der Waals surface area contributed by atoms with E-state index >= 15 is 0 Å². The summed E-state index contributed by atoms with van der Waals surface area (Å²) in [5, 5.41) is 9.16. The monoisotopic (exact) mass is 449 g/mol. The van der Waals surface area contributed by atoms with E-state index in [4.69, 9.17) is 19.5 Å². The van der Waals surface area contributed by atoms with Crippen molar-refractivity contribution in [1.82, 2.24) is 0 Å². The normalized spacial score (nSPS) is 14.1. The molecule has 0 spiro atoms. The molecule has 4 heteroatoms. The molecule has 0 aromatic heterocycles. The van der Waals surface area contributed by atoms with Crippen molar-refractivity contribution >= 4 is 0 Å². The lowest BCUT2D eigenvalue weighted by atomic mass is 9.89. The van der Waals surface area contributed by atoms with Crippen LogP contribution in [0.3, 0.4) is 0 Å². The second kappa shape index (κ2) is 12.5. The zero-order chi connectivity index (χ0) is 23.5. The number of hydrogen-bond donors (Lipinski definition) is 0. The summed E-state index contributed by atoms with van der Waals surface area (Å²) in [6.45, 7) is 7.32. The number of aryl methyl sites for hydroxylation is 1. The molecule has 0 radical (unpaired) electrons. The van der Waals surface area contributed by atoms with Crippen molar-refractivity contribution < 1.29 is 14.2 Å². The largest absolute Gasteiger partial charge is 0.493 e. The first-order chi connectivity index (χ1) is 16.0. The number of nitriles is 1. The van der Waals surface area contributed by atoms with Gasteiger partial charge in [-0.3, -0.25) is 0 Å². The van der Waals surface area contributed by atoms with Gasteiger partial charge in [0.2, 0.25) is 0 Å². The van der Waals surface area contributed by atoms with E-state index in [1.807, 2.05) is 38.1 Å². The minimum absolute atomic E-state index is 0.240. The third-order valence-electron chi connectivity index (χ3n) is 6.35. The lowest BCUT2D eigenvalue weighted by Gasteiger charge is -2.20. The molecular formula is C29H39NO3. The molecule has 4 nitrogen and oxygen atoms in total. The van der Waals surface area contributed by atoms with Crippen molar-refractivity contribution in [1.29, 1.82) is 5.26 Å². The van der Waals surface area contributed by atoms with Crippen LogP contribution in [-0.4, -0.2) is 12.7 Å². The maximum Gasteiger partial charge on any atom is 0.165 e. The molecule has 1 aliphatic carbocycles. The van der Waals surface area contributed by atoms with Crippen LogP contribution in [0, 0.1) is 16.7 Å². The summed E-state index contributed by atoms with van der Waals surface area (Å²) in [6.07, 6.45) is 9.86. The highest BCUT2D eigenvalue weighted by Crippen LogP contribution is 2.38. The molecule has 33 heavy (non-hydrogen) atoms. The molecule has 0 bridgehead atoms. The highest BCUT2D eigenvalue weighted by Gasteiger charge is 2.21. The summed E-state index contributed by atoms with van der Waals surface area (Å²) < 4.78 is 18.8. The number of ether oxygens (including phenoxy) is 3. The van der Waals surface area contributed by atoms with Crippen LogP contribution in [0.5, 0.6) is 17.2 Å². The number of nitrogens with zero attached hydrogens (tertiary/aromatic N) is 1. The molecule has 2 aromatic carbocycles. The topological polar surface area (TPSA) is 51.5 Å². The van der Waals surface area contributed by atoms with Gasteiger partial charge in [0.05, 0.1) is 24.2 Å². The number of benzene rings is 2. The third-order valence-corrected chi connectivity index (χ3v) is 6.35. The fourth-order valence-corrected chi connectivity index (χ4v) is 4.20. The van der Waals surface area contributed by atoms with Crippen LogP contribution in [0.2, 0.25) is 0 Å². The van der Waals surface area contributed by atoms with E-state index in [0.29, 0.717) is 13.2 Å². The molecule has 178 valence electrons. The van der Waals surface area contributed by atoms with Crippen molar-refractivity contribution in [2.75, 3.05) is 6.61 Å². The van der Waals surface area contributed by atoms with Crippen LogP contribution in [0.1, 0.15) is 83.3 Å². The molecule has 0 N–H and O–H groups in total. The maximum atomic E-state index is 9.16. The van der Waals surface area contributed by atoms with E-state index in [9.17, 15) is 0 Å². The zero-order valence-electron chi connectivity index (χ0n) is 20.6. The lowest BCUT2D eigenvalue weighted by Crippen LogP contribution is -2.12. The Morgan fingerprint density at radius 3 is 2.39 bits per heavy atom. The molecule has 1 aliphatic rings. The van der Waals surface area contributed by atoms with E-state index in [1.54, 1.807) is 0 Å². The van der Waals surface area contributed by atoms with Gasteiger partial charge in [0.25, 0.3) is 0 Å². The Bertz CT molecular complexity index is 895. The van der Waals surface area contributed by atoms with Gasteiger partial charge in [-0.05, 0) is 76.0 Å². The molecule has 2 aromatic rings. The van der Waals surface area contributed by atoms with Crippen molar-refractivity contribution in [3.63, 3.8) is 0 Å². The van der Waals surface area contributed by atoms with Gasteiger partial charge < -0.3 is 14.2 Å². The molecule has 0 unspecified atom stereocenters. The molecule has 0 aliphatic heterocycles. The van der Waals surface area contributed by atoms with E-state index in [0.717, 1.165) is 73.3 Å². The van der Waals surface area contributed by atoms with E-state index in [2.05, 4.69) is 31.2 Å². The molecule has 0 amide bonds. The Morgan fingerprint density at radius 1 is 0.939 bits per heavy atom. The van der Waals surface area contributed by atoms with Gasteiger partial charge in [-0.15, -0.1) is 0 Å². The lowest BCUT2D eigenvalue weighted by molar-refractivity contribution is 0.192. The van der Waals surface area contributed by atoms with Crippen LogP contribution >= 0.6 is 0 Å². The second-order valence-corrected chi connectivity index (χ2v) is 9.71. The van der Waals surface area contributed by atoms with Gasteiger partial charge in [0.15, 0.2) is 11.5 Å². The smallest absolute Gasteiger partial charge is 0.165 e. The summed E-state index contributed by atoms with van der Waals surface area (Å²) in [5.41, 5.74) is 2.04. The van der Waals surface area contributed by atoms with Crippen LogP contribution in [0.25, 0.3) is 0 Å². The summed E-state index contributed by atoms with van der Waals surface area (Å²) in [4.78, 5) is 0. The predicted octanol–water partition coefficient (Wildman–Crippen LogP) is 7.64. The second-order valence-electron chi connectivity index (χ2n) is 9.71. The quantitative estimate of drug-likeness (QED) is 0.295. The van der Waals surface area contributed by atoms with Gasteiger partial charge in [-0.1, -0.05) is 50.1 Å².